The van der Waals surface area contributed by atoms with Crippen molar-refractivity contribution in [3.8, 4) is 0 Å². The molecule has 0 radical (unpaired) electrons. The van der Waals surface area contributed by atoms with Crippen LogP contribution in [0.15, 0.2) is 0 Å². The van der Waals surface area contributed by atoms with Crippen LogP contribution < -0.4 is 16.4 Å². The summed E-state index contributed by atoms with van der Waals surface area (Å²) in [6.07, 6.45) is 2.61. The number of amides is 2. The maximum Gasteiger partial charge on any atom is 0.242 e. The molecule has 1 unspecified atom stereocenters. The zero-order chi connectivity index (χ0) is 12.1. The number of carbonyl (C=O) groups is 2. The van der Waals surface area contributed by atoms with Gasteiger partial charge in [-0.15, -0.1) is 0 Å². The van der Waals surface area contributed by atoms with E-state index < -0.39 is 12.1 Å². The molecule has 5 heteroatoms. The normalized spacial score (nSPS) is 23.5. The van der Waals surface area contributed by atoms with Gasteiger partial charge in [0, 0.05) is 6.54 Å². The van der Waals surface area contributed by atoms with Crippen LogP contribution in [0.4, 0.5) is 0 Å². The molecule has 1 rings (SSSR count). The first-order valence-electron chi connectivity index (χ1n) is 5.86. The van der Waals surface area contributed by atoms with E-state index in [1.54, 1.807) is 0 Å². The third-order valence-corrected chi connectivity index (χ3v) is 2.87. The molecule has 0 aromatic rings. The van der Waals surface area contributed by atoms with Crippen LogP contribution in [-0.4, -0.2) is 30.4 Å². The molecule has 2 atom stereocenters. The van der Waals surface area contributed by atoms with E-state index in [0.717, 1.165) is 12.8 Å². The molecule has 0 saturated carbocycles. The van der Waals surface area contributed by atoms with E-state index in [1.807, 2.05) is 13.8 Å². The van der Waals surface area contributed by atoms with Crippen LogP contribution in [0.25, 0.3) is 0 Å². The highest BCUT2D eigenvalue weighted by atomic mass is 16.2. The first-order chi connectivity index (χ1) is 7.52. The molecule has 5 nitrogen and oxygen atoms in total. The zero-order valence-corrected chi connectivity index (χ0v) is 9.95. The van der Waals surface area contributed by atoms with Gasteiger partial charge in [0.25, 0.3) is 0 Å². The molecule has 2 amide bonds. The van der Waals surface area contributed by atoms with Gasteiger partial charge in [0.1, 0.15) is 6.04 Å². The fourth-order valence-corrected chi connectivity index (χ4v) is 1.65. The van der Waals surface area contributed by atoms with Crippen LogP contribution in [-0.2, 0) is 9.59 Å². The zero-order valence-electron chi connectivity index (χ0n) is 9.95. The van der Waals surface area contributed by atoms with E-state index in [2.05, 4.69) is 10.6 Å². The molecule has 0 aromatic heterocycles. The van der Waals surface area contributed by atoms with Crippen LogP contribution >= 0.6 is 0 Å². The number of nitrogens with two attached hydrogens (primary N) is 1. The largest absolute Gasteiger partial charge is 0.354 e. The molecule has 1 saturated heterocycles. The maximum absolute atomic E-state index is 11.7. The Morgan fingerprint density at radius 3 is 2.81 bits per heavy atom. The van der Waals surface area contributed by atoms with Crippen molar-refractivity contribution in [2.45, 2.75) is 45.2 Å². The predicted molar refractivity (Wildman–Crippen MR) is 61.6 cm³/mol. The smallest absolute Gasteiger partial charge is 0.242 e. The Hall–Kier alpha value is -1.10. The number of nitrogens with one attached hydrogen (secondary N) is 2. The monoisotopic (exact) mass is 227 g/mol. The predicted octanol–water partition coefficient (Wildman–Crippen LogP) is -0.245. The molecule has 1 fully saturated rings. The lowest BCUT2D eigenvalue weighted by Crippen LogP contribution is -2.52. The molecular weight excluding hydrogens is 206 g/mol. The fourth-order valence-electron chi connectivity index (χ4n) is 1.65. The van der Waals surface area contributed by atoms with Gasteiger partial charge in [0.2, 0.25) is 11.8 Å². The van der Waals surface area contributed by atoms with Gasteiger partial charge in [-0.25, -0.2) is 0 Å². The molecule has 0 spiro atoms. The topological polar surface area (TPSA) is 84.2 Å². The second-order valence-corrected chi connectivity index (χ2v) is 4.62. The van der Waals surface area contributed by atoms with Gasteiger partial charge in [-0.05, 0) is 25.2 Å². The molecule has 1 aliphatic heterocycles. The van der Waals surface area contributed by atoms with Crippen LogP contribution in [0.5, 0.6) is 0 Å². The SMILES string of the molecule is CC(C)[C@@H](N)C(=O)NC1CCCCNC1=O. The third kappa shape index (κ3) is 3.48. The minimum Gasteiger partial charge on any atom is -0.354 e. The second-order valence-electron chi connectivity index (χ2n) is 4.62. The van der Waals surface area contributed by atoms with Crippen molar-refractivity contribution in [1.82, 2.24) is 10.6 Å². The lowest BCUT2D eigenvalue weighted by molar-refractivity contribution is -0.130. The summed E-state index contributed by atoms with van der Waals surface area (Å²) in [7, 11) is 0. The second kappa shape index (κ2) is 5.84. The number of hydrogen-bond donors (Lipinski definition) is 3. The summed E-state index contributed by atoms with van der Waals surface area (Å²) in [5, 5.41) is 5.49. The average molecular weight is 227 g/mol. The molecule has 4 N–H and O–H groups in total. The van der Waals surface area contributed by atoms with Crippen LogP contribution in [0, 0.1) is 5.92 Å². The highest BCUT2D eigenvalue weighted by Gasteiger charge is 2.25. The lowest BCUT2D eigenvalue weighted by atomic mass is 10.0. The first kappa shape index (κ1) is 13.0. The Balaban J connectivity index is 2.51. The molecule has 16 heavy (non-hydrogen) atoms. The van der Waals surface area contributed by atoms with Crippen LogP contribution in [0.2, 0.25) is 0 Å². The fraction of sp³-hybridized carbons (Fsp3) is 0.818. The highest BCUT2D eigenvalue weighted by molar-refractivity contribution is 5.89. The summed E-state index contributed by atoms with van der Waals surface area (Å²) < 4.78 is 0. The van der Waals surface area contributed by atoms with Gasteiger partial charge in [0.15, 0.2) is 0 Å². The maximum atomic E-state index is 11.7. The summed E-state index contributed by atoms with van der Waals surface area (Å²) in [6, 6.07) is -0.962. The van der Waals surface area contributed by atoms with Crippen LogP contribution in [0.1, 0.15) is 33.1 Å². The minimum atomic E-state index is -0.545. The van der Waals surface area contributed by atoms with Gasteiger partial charge in [-0.3, -0.25) is 9.59 Å². The molecule has 92 valence electrons. The summed E-state index contributed by atoms with van der Waals surface area (Å²) >= 11 is 0. The van der Waals surface area contributed by atoms with E-state index in [-0.39, 0.29) is 17.7 Å². The van der Waals surface area contributed by atoms with Crippen molar-refractivity contribution >= 4 is 11.8 Å². The molecule has 1 aliphatic rings. The standard InChI is InChI=1S/C11H21N3O2/c1-7(2)9(12)11(16)14-8-5-3-4-6-13-10(8)15/h7-9H,3-6,12H2,1-2H3,(H,13,15)(H,14,16)/t8?,9-/m1/s1. The molecular formula is C11H21N3O2. The van der Waals surface area contributed by atoms with Gasteiger partial charge >= 0.3 is 0 Å². The summed E-state index contributed by atoms with van der Waals surface area (Å²) in [6.45, 7) is 4.47. The van der Waals surface area contributed by atoms with Gasteiger partial charge in [-0.2, -0.15) is 0 Å². The summed E-state index contributed by atoms with van der Waals surface area (Å²) in [5.41, 5.74) is 5.72. The number of rotatable bonds is 3. The minimum absolute atomic E-state index is 0.0776. The molecule has 0 aromatic carbocycles. The molecule has 0 aliphatic carbocycles. The van der Waals surface area contributed by atoms with Crippen molar-refractivity contribution in [1.29, 1.82) is 0 Å². The highest BCUT2D eigenvalue weighted by Crippen LogP contribution is 2.06. The number of hydrogen-bond acceptors (Lipinski definition) is 3. The molecule has 0 bridgehead atoms. The van der Waals surface area contributed by atoms with E-state index in [0.29, 0.717) is 13.0 Å². The lowest BCUT2D eigenvalue weighted by Gasteiger charge is -2.20. The van der Waals surface area contributed by atoms with E-state index in [1.165, 1.54) is 0 Å². The van der Waals surface area contributed by atoms with Crippen molar-refractivity contribution in [3.63, 3.8) is 0 Å². The van der Waals surface area contributed by atoms with Crippen molar-refractivity contribution < 1.29 is 9.59 Å². The Kier molecular flexibility index (Phi) is 4.73. The molecule has 1 heterocycles. The van der Waals surface area contributed by atoms with E-state index >= 15 is 0 Å². The average Bonchev–Trinajstić information content (AvgIpc) is 2.43. The van der Waals surface area contributed by atoms with Gasteiger partial charge in [0.05, 0.1) is 6.04 Å². The quantitative estimate of drug-likeness (QED) is 0.622. The van der Waals surface area contributed by atoms with Gasteiger partial charge < -0.3 is 16.4 Å². The summed E-state index contributed by atoms with van der Waals surface area (Å²) in [4.78, 5) is 23.3. The Labute approximate surface area is 96.1 Å². The van der Waals surface area contributed by atoms with Crippen molar-refractivity contribution in [3.05, 3.63) is 0 Å². The Morgan fingerprint density at radius 1 is 1.50 bits per heavy atom. The van der Waals surface area contributed by atoms with Gasteiger partial charge in [-0.1, -0.05) is 13.8 Å². The first-order valence-corrected chi connectivity index (χ1v) is 5.86. The van der Waals surface area contributed by atoms with Crippen molar-refractivity contribution in [2.75, 3.05) is 6.54 Å². The Bertz CT molecular complexity index is 266. The third-order valence-electron chi connectivity index (χ3n) is 2.87. The van der Waals surface area contributed by atoms with Crippen LogP contribution in [0.3, 0.4) is 0 Å². The van der Waals surface area contributed by atoms with Crippen molar-refractivity contribution in [2.24, 2.45) is 11.7 Å². The Morgan fingerprint density at radius 2 is 2.19 bits per heavy atom. The summed E-state index contributed by atoms with van der Waals surface area (Å²) in [5.74, 6) is -0.257. The van der Waals surface area contributed by atoms with E-state index in [9.17, 15) is 9.59 Å². The number of carbonyl (C=O) groups excluding carboxylic acids is 2. The van der Waals surface area contributed by atoms with E-state index in [4.69, 9.17) is 5.73 Å².